The van der Waals surface area contributed by atoms with E-state index in [9.17, 15) is 14.0 Å². The van der Waals surface area contributed by atoms with Crippen molar-refractivity contribution in [1.29, 1.82) is 0 Å². The first kappa shape index (κ1) is 17.4. The van der Waals surface area contributed by atoms with Gasteiger partial charge in [0, 0.05) is 24.5 Å². The van der Waals surface area contributed by atoms with E-state index < -0.39 is 5.41 Å². The van der Waals surface area contributed by atoms with E-state index in [0.29, 0.717) is 18.7 Å². The first-order valence-corrected chi connectivity index (χ1v) is 8.09. The molecule has 0 spiro atoms. The minimum absolute atomic E-state index is 0.0358. The predicted molar refractivity (Wildman–Crippen MR) is 87.3 cm³/mol. The zero-order valence-electron chi connectivity index (χ0n) is 14.1. The third-order valence-electron chi connectivity index (χ3n) is 4.16. The van der Waals surface area contributed by atoms with Crippen molar-refractivity contribution in [3.05, 3.63) is 35.6 Å². The molecule has 0 atom stereocenters. The highest BCUT2D eigenvalue weighted by Gasteiger charge is 2.28. The quantitative estimate of drug-likeness (QED) is 0.930. The molecule has 1 aromatic carbocycles. The van der Waals surface area contributed by atoms with Crippen LogP contribution >= 0.6 is 0 Å². The van der Waals surface area contributed by atoms with Gasteiger partial charge in [0.1, 0.15) is 5.82 Å². The summed E-state index contributed by atoms with van der Waals surface area (Å²) < 4.78 is 13.6. The zero-order valence-corrected chi connectivity index (χ0v) is 14.1. The maximum atomic E-state index is 13.6. The van der Waals surface area contributed by atoms with Crippen LogP contribution in [-0.4, -0.2) is 35.8 Å². The normalized spacial score (nSPS) is 16.3. The van der Waals surface area contributed by atoms with E-state index in [2.05, 4.69) is 5.32 Å². The van der Waals surface area contributed by atoms with E-state index in [4.69, 9.17) is 0 Å². The van der Waals surface area contributed by atoms with Gasteiger partial charge in [-0.25, -0.2) is 4.39 Å². The van der Waals surface area contributed by atoms with Crippen molar-refractivity contribution in [3.8, 4) is 0 Å². The summed E-state index contributed by atoms with van der Waals surface area (Å²) in [5, 5.41) is 3.04. The summed E-state index contributed by atoms with van der Waals surface area (Å²) in [5.74, 6) is -0.363. The lowest BCUT2D eigenvalue weighted by atomic mass is 9.94. The first-order valence-electron chi connectivity index (χ1n) is 8.09. The van der Waals surface area contributed by atoms with Crippen molar-refractivity contribution in [2.45, 2.75) is 46.1 Å². The second-order valence-electron chi connectivity index (χ2n) is 7.15. The molecule has 0 aliphatic carbocycles. The van der Waals surface area contributed by atoms with E-state index in [1.807, 2.05) is 20.8 Å². The molecule has 0 radical (unpaired) electrons. The number of benzene rings is 1. The second kappa shape index (κ2) is 7.11. The molecule has 1 fully saturated rings. The Morgan fingerprint density at radius 3 is 2.39 bits per heavy atom. The highest BCUT2D eigenvalue weighted by atomic mass is 19.1. The lowest BCUT2D eigenvalue weighted by Gasteiger charge is -2.33. The number of nitrogens with zero attached hydrogens (tertiary/aromatic N) is 1. The summed E-state index contributed by atoms with van der Waals surface area (Å²) in [6.45, 7) is 6.85. The van der Waals surface area contributed by atoms with Crippen LogP contribution in [0.1, 0.15) is 39.2 Å². The Labute approximate surface area is 137 Å². The van der Waals surface area contributed by atoms with Gasteiger partial charge < -0.3 is 10.2 Å². The molecule has 1 aliphatic heterocycles. The van der Waals surface area contributed by atoms with Crippen molar-refractivity contribution >= 4 is 11.8 Å². The van der Waals surface area contributed by atoms with Gasteiger partial charge in [0.25, 0.3) is 0 Å². The lowest BCUT2D eigenvalue weighted by molar-refractivity contribution is -0.132. The molecule has 0 bridgehead atoms. The Morgan fingerprint density at radius 1 is 1.22 bits per heavy atom. The maximum Gasteiger partial charge on any atom is 0.227 e. The minimum atomic E-state index is -0.405. The second-order valence-corrected chi connectivity index (χ2v) is 7.15. The Balaban J connectivity index is 1.83. The Kier molecular flexibility index (Phi) is 5.39. The van der Waals surface area contributed by atoms with Crippen molar-refractivity contribution in [2.24, 2.45) is 5.41 Å². The van der Waals surface area contributed by atoms with Gasteiger partial charge in [-0.1, -0.05) is 39.0 Å². The highest BCUT2D eigenvalue weighted by molar-refractivity contribution is 5.82. The topological polar surface area (TPSA) is 49.4 Å². The fraction of sp³-hybridized carbons (Fsp3) is 0.556. The number of hydrogen-bond acceptors (Lipinski definition) is 2. The van der Waals surface area contributed by atoms with Crippen molar-refractivity contribution < 1.29 is 14.0 Å². The van der Waals surface area contributed by atoms with Gasteiger partial charge in [-0.2, -0.15) is 0 Å². The third-order valence-corrected chi connectivity index (χ3v) is 4.16. The summed E-state index contributed by atoms with van der Waals surface area (Å²) in [7, 11) is 0. The molecular formula is C18H25FN2O2. The van der Waals surface area contributed by atoms with E-state index in [1.165, 1.54) is 6.07 Å². The van der Waals surface area contributed by atoms with E-state index in [0.717, 1.165) is 12.8 Å². The largest absolute Gasteiger partial charge is 0.353 e. The molecule has 4 nitrogen and oxygen atoms in total. The summed E-state index contributed by atoms with van der Waals surface area (Å²) in [6, 6.07) is 6.48. The predicted octanol–water partition coefficient (Wildman–Crippen LogP) is 2.52. The molecule has 0 unspecified atom stereocenters. The maximum absolute atomic E-state index is 13.6. The van der Waals surface area contributed by atoms with Gasteiger partial charge in [-0.3, -0.25) is 9.59 Å². The van der Waals surface area contributed by atoms with Gasteiger partial charge in [0.05, 0.1) is 6.42 Å². The molecule has 1 aromatic rings. The molecule has 1 aliphatic rings. The van der Waals surface area contributed by atoms with Crippen LogP contribution in [0.5, 0.6) is 0 Å². The summed E-state index contributed by atoms with van der Waals surface area (Å²) in [6.07, 6.45) is 1.57. The fourth-order valence-corrected chi connectivity index (χ4v) is 2.59. The summed E-state index contributed by atoms with van der Waals surface area (Å²) in [5.41, 5.74) is 0.0262. The SMILES string of the molecule is CC(C)(C)C(=O)NC1CCN(C(=O)Cc2ccccc2F)CC1. The molecule has 1 saturated heterocycles. The standard InChI is InChI=1S/C18H25FN2O2/c1-18(2,3)17(23)20-14-8-10-21(11-9-14)16(22)12-13-6-4-5-7-15(13)19/h4-7,14H,8-12H2,1-3H3,(H,20,23). The fourth-order valence-electron chi connectivity index (χ4n) is 2.59. The molecule has 0 aromatic heterocycles. The first-order chi connectivity index (χ1) is 10.8. The Bertz CT molecular complexity index is 573. The van der Waals surface area contributed by atoms with Crippen LogP contribution in [0.4, 0.5) is 4.39 Å². The molecule has 2 rings (SSSR count). The summed E-state index contributed by atoms with van der Waals surface area (Å²) >= 11 is 0. The number of nitrogens with one attached hydrogen (secondary N) is 1. The molecule has 0 saturated carbocycles. The molecule has 1 N–H and O–H groups in total. The van der Waals surface area contributed by atoms with Crippen LogP contribution in [0.15, 0.2) is 24.3 Å². The molecule has 23 heavy (non-hydrogen) atoms. The van der Waals surface area contributed by atoms with Crippen molar-refractivity contribution in [3.63, 3.8) is 0 Å². The van der Waals surface area contributed by atoms with E-state index >= 15 is 0 Å². The van der Waals surface area contributed by atoms with Crippen LogP contribution in [0.25, 0.3) is 0 Å². The van der Waals surface area contributed by atoms with E-state index in [-0.39, 0.29) is 30.1 Å². The van der Waals surface area contributed by atoms with Crippen LogP contribution < -0.4 is 5.32 Å². The zero-order chi connectivity index (χ0) is 17.0. The number of rotatable bonds is 3. The van der Waals surface area contributed by atoms with Crippen LogP contribution in [-0.2, 0) is 16.0 Å². The van der Waals surface area contributed by atoms with Gasteiger partial charge in [0.15, 0.2) is 0 Å². The number of carbonyl (C=O) groups excluding carboxylic acids is 2. The highest BCUT2D eigenvalue weighted by Crippen LogP contribution is 2.17. The molecule has 1 heterocycles. The van der Waals surface area contributed by atoms with Crippen LogP contribution in [0.2, 0.25) is 0 Å². The number of amides is 2. The number of piperidine rings is 1. The lowest BCUT2D eigenvalue weighted by Crippen LogP contribution is -2.49. The smallest absolute Gasteiger partial charge is 0.227 e. The molecule has 126 valence electrons. The van der Waals surface area contributed by atoms with Gasteiger partial charge in [0.2, 0.25) is 11.8 Å². The number of hydrogen-bond donors (Lipinski definition) is 1. The Morgan fingerprint density at radius 2 is 1.83 bits per heavy atom. The molecule has 5 heteroatoms. The number of likely N-dealkylation sites (tertiary alicyclic amines) is 1. The van der Waals surface area contributed by atoms with Crippen LogP contribution in [0, 0.1) is 11.2 Å². The van der Waals surface area contributed by atoms with Crippen molar-refractivity contribution in [1.82, 2.24) is 10.2 Å². The summed E-state index contributed by atoms with van der Waals surface area (Å²) in [4.78, 5) is 26.0. The van der Waals surface area contributed by atoms with Gasteiger partial charge >= 0.3 is 0 Å². The molecule has 2 amide bonds. The third kappa shape index (κ3) is 4.78. The van der Waals surface area contributed by atoms with E-state index in [1.54, 1.807) is 23.1 Å². The number of halogens is 1. The monoisotopic (exact) mass is 320 g/mol. The average molecular weight is 320 g/mol. The number of carbonyl (C=O) groups is 2. The van der Waals surface area contributed by atoms with Crippen LogP contribution in [0.3, 0.4) is 0 Å². The van der Waals surface area contributed by atoms with Gasteiger partial charge in [-0.05, 0) is 24.5 Å². The Hall–Kier alpha value is -1.91. The minimum Gasteiger partial charge on any atom is -0.353 e. The van der Waals surface area contributed by atoms with Gasteiger partial charge in [-0.15, -0.1) is 0 Å². The molecular weight excluding hydrogens is 295 g/mol. The van der Waals surface area contributed by atoms with Crippen molar-refractivity contribution in [2.75, 3.05) is 13.1 Å². The average Bonchev–Trinajstić information content (AvgIpc) is 2.49.